The van der Waals surface area contributed by atoms with Gasteiger partial charge in [0.25, 0.3) is 0 Å². The molecule has 1 heterocycles. The van der Waals surface area contributed by atoms with Gasteiger partial charge in [0.15, 0.2) is 0 Å². The van der Waals surface area contributed by atoms with Crippen LogP contribution in [0, 0.1) is 0 Å². The first-order valence-electron chi connectivity index (χ1n) is 5.00. The van der Waals surface area contributed by atoms with E-state index in [0.717, 1.165) is 22.2 Å². The third-order valence-corrected chi connectivity index (χ3v) is 2.32. The molecule has 74 valence electrons. The van der Waals surface area contributed by atoms with Gasteiger partial charge in [-0.2, -0.15) is 0 Å². The van der Waals surface area contributed by atoms with Crippen LogP contribution in [0.3, 0.4) is 0 Å². The summed E-state index contributed by atoms with van der Waals surface area (Å²) in [6, 6.07) is 10.2. The van der Waals surface area contributed by atoms with Crippen LogP contribution in [0.15, 0.2) is 43.0 Å². The summed E-state index contributed by atoms with van der Waals surface area (Å²) < 4.78 is 0. The number of allylic oxidation sites excluding steroid dienone is 1. The lowest BCUT2D eigenvalue weighted by Gasteiger charge is -2.03. The van der Waals surface area contributed by atoms with Crippen LogP contribution in [0.5, 0.6) is 0 Å². The fourth-order valence-corrected chi connectivity index (χ4v) is 1.62. The summed E-state index contributed by atoms with van der Waals surface area (Å²) in [5.74, 6) is 0. The molecule has 0 unspecified atom stereocenters. The molecule has 2 aromatic rings. The highest BCUT2D eigenvalue weighted by molar-refractivity contribution is 5.83. The molecule has 0 bridgehead atoms. The number of para-hydroxylation sites is 1. The number of pyridine rings is 1. The van der Waals surface area contributed by atoms with Crippen LogP contribution in [0.4, 0.5) is 0 Å². The van der Waals surface area contributed by atoms with Crippen molar-refractivity contribution in [1.29, 1.82) is 0 Å². The van der Waals surface area contributed by atoms with E-state index >= 15 is 0 Å². The van der Waals surface area contributed by atoms with Gasteiger partial charge in [0.05, 0.1) is 11.2 Å². The van der Waals surface area contributed by atoms with E-state index in [-0.39, 0.29) is 0 Å². The van der Waals surface area contributed by atoms with Crippen molar-refractivity contribution in [1.82, 2.24) is 4.98 Å². The molecule has 1 heteroatoms. The highest BCUT2D eigenvalue weighted by Gasteiger charge is 2.00. The monoisotopic (exact) mass is 195 g/mol. The van der Waals surface area contributed by atoms with E-state index < -0.39 is 0 Å². The first-order chi connectivity index (χ1) is 7.35. The molecule has 1 aromatic carbocycles. The molecule has 2 rings (SSSR count). The average molecular weight is 195 g/mol. The first kappa shape index (κ1) is 9.66. The second kappa shape index (κ2) is 4.09. The summed E-state index contributed by atoms with van der Waals surface area (Å²) in [5, 5.41) is 1.16. The summed E-state index contributed by atoms with van der Waals surface area (Å²) in [7, 11) is 0. The zero-order valence-corrected chi connectivity index (χ0v) is 8.77. The third kappa shape index (κ3) is 1.82. The van der Waals surface area contributed by atoms with E-state index in [1.165, 1.54) is 0 Å². The van der Waals surface area contributed by atoms with Crippen LogP contribution in [0.1, 0.15) is 18.2 Å². The summed E-state index contributed by atoms with van der Waals surface area (Å²) in [5.41, 5.74) is 3.07. The molecule has 0 aliphatic heterocycles. The molecule has 0 aliphatic carbocycles. The molecule has 0 radical (unpaired) electrons. The number of rotatable bonds is 2. The smallest absolute Gasteiger partial charge is 0.0709 e. The van der Waals surface area contributed by atoms with E-state index in [0.29, 0.717) is 0 Å². The van der Waals surface area contributed by atoms with Gasteiger partial charge in [-0.15, -0.1) is 0 Å². The largest absolute Gasteiger partial charge is 0.248 e. The minimum atomic E-state index is 0.937. The van der Waals surface area contributed by atoms with Crippen molar-refractivity contribution in [2.75, 3.05) is 0 Å². The lowest BCUT2D eigenvalue weighted by Crippen LogP contribution is -1.88. The molecule has 0 spiro atoms. The SMILES string of the molecule is C=Cc1nc2ccccc2cc1/C=C\C. The molecule has 0 atom stereocenters. The van der Waals surface area contributed by atoms with Crippen molar-refractivity contribution in [3.63, 3.8) is 0 Å². The van der Waals surface area contributed by atoms with Gasteiger partial charge in [0, 0.05) is 10.9 Å². The molecule has 0 aliphatic rings. The minimum Gasteiger partial charge on any atom is -0.248 e. The lowest BCUT2D eigenvalue weighted by molar-refractivity contribution is 1.36. The lowest BCUT2D eigenvalue weighted by atomic mass is 10.1. The van der Waals surface area contributed by atoms with E-state index in [1.807, 2.05) is 31.2 Å². The maximum absolute atomic E-state index is 4.54. The van der Waals surface area contributed by atoms with Crippen molar-refractivity contribution in [3.05, 3.63) is 54.2 Å². The molecular weight excluding hydrogens is 182 g/mol. The molecule has 15 heavy (non-hydrogen) atoms. The van der Waals surface area contributed by atoms with E-state index in [2.05, 4.69) is 29.8 Å². The molecule has 0 saturated carbocycles. The summed E-state index contributed by atoms with van der Waals surface area (Å²) in [4.78, 5) is 4.54. The first-order valence-corrected chi connectivity index (χ1v) is 5.00. The fraction of sp³-hybridized carbons (Fsp3) is 0.0714. The number of benzene rings is 1. The van der Waals surface area contributed by atoms with Crippen LogP contribution in [-0.2, 0) is 0 Å². The fourth-order valence-electron chi connectivity index (χ4n) is 1.62. The second-order valence-corrected chi connectivity index (χ2v) is 3.36. The Morgan fingerprint density at radius 3 is 2.80 bits per heavy atom. The highest BCUT2D eigenvalue weighted by Crippen LogP contribution is 2.18. The maximum Gasteiger partial charge on any atom is 0.0709 e. The standard InChI is InChI=1S/C14H13N/c1-3-7-11-10-12-8-5-6-9-14(12)15-13(11)4-2/h3-10H,2H2,1H3/b7-3-. The Bertz CT molecular complexity index is 524. The van der Waals surface area contributed by atoms with Crippen LogP contribution >= 0.6 is 0 Å². The highest BCUT2D eigenvalue weighted by atomic mass is 14.7. The zero-order chi connectivity index (χ0) is 10.7. The van der Waals surface area contributed by atoms with Crippen LogP contribution in [-0.4, -0.2) is 4.98 Å². The Labute approximate surface area is 89.8 Å². The Kier molecular flexibility index (Phi) is 2.64. The Morgan fingerprint density at radius 1 is 1.27 bits per heavy atom. The van der Waals surface area contributed by atoms with Gasteiger partial charge in [-0.1, -0.05) is 36.9 Å². The second-order valence-electron chi connectivity index (χ2n) is 3.36. The molecule has 0 amide bonds. The molecule has 1 aromatic heterocycles. The third-order valence-electron chi connectivity index (χ3n) is 2.32. The Hall–Kier alpha value is -1.89. The minimum absolute atomic E-state index is 0.937. The number of aromatic nitrogens is 1. The maximum atomic E-state index is 4.54. The van der Waals surface area contributed by atoms with Gasteiger partial charge < -0.3 is 0 Å². The topological polar surface area (TPSA) is 12.9 Å². The van der Waals surface area contributed by atoms with Crippen molar-refractivity contribution >= 4 is 23.1 Å². The summed E-state index contributed by atoms with van der Waals surface area (Å²) >= 11 is 0. The van der Waals surface area contributed by atoms with E-state index in [1.54, 1.807) is 6.08 Å². The number of fused-ring (bicyclic) bond motifs is 1. The van der Waals surface area contributed by atoms with Crippen molar-refractivity contribution < 1.29 is 0 Å². The normalized spacial score (nSPS) is 11.0. The van der Waals surface area contributed by atoms with Crippen LogP contribution in [0.2, 0.25) is 0 Å². The van der Waals surface area contributed by atoms with Gasteiger partial charge in [0.2, 0.25) is 0 Å². The average Bonchev–Trinajstić information content (AvgIpc) is 2.28. The van der Waals surface area contributed by atoms with Gasteiger partial charge in [-0.05, 0) is 25.1 Å². The molecule has 0 saturated heterocycles. The summed E-state index contributed by atoms with van der Waals surface area (Å²) in [6.07, 6.45) is 5.86. The van der Waals surface area contributed by atoms with Gasteiger partial charge >= 0.3 is 0 Å². The molecule has 0 N–H and O–H groups in total. The number of hydrogen-bond acceptors (Lipinski definition) is 1. The molecule has 0 fully saturated rings. The van der Waals surface area contributed by atoms with Crippen molar-refractivity contribution in [3.8, 4) is 0 Å². The van der Waals surface area contributed by atoms with Crippen LogP contribution < -0.4 is 0 Å². The molecular formula is C14H13N. The van der Waals surface area contributed by atoms with Gasteiger partial charge in [-0.25, -0.2) is 4.98 Å². The van der Waals surface area contributed by atoms with E-state index in [9.17, 15) is 0 Å². The predicted octanol–water partition coefficient (Wildman–Crippen LogP) is 3.91. The Morgan fingerprint density at radius 2 is 2.07 bits per heavy atom. The van der Waals surface area contributed by atoms with E-state index in [4.69, 9.17) is 0 Å². The number of nitrogens with zero attached hydrogens (tertiary/aromatic N) is 1. The zero-order valence-electron chi connectivity index (χ0n) is 8.77. The Balaban J connectivity index is 2.74. The van der Waals surface area contributed by atoms with Crippen molar-refractivity contribution in [2.24, 2.45) is 0 Å². The molecule has 1 nitrogen and oxygen atoms in total. The predicted molar refractivity (Wildman–Crippen MR) is 66.5 cm³/mol. The number of hydrogen-bond donors (Lipinski definition) is 0. The quantitative estimate of drug-likeness (QED) is 0.708. The van der Waals surface area contributed by atoms with Crippen molar-refractivity contribution in [2.45, 2.75) is 6.92 Å². The van der Waals surface area contributed by atoms with Crippen LogP contribution in [0.25, 0.3) is 23.1 Å². The van der Waals surface area contributed by atoms with Gasteiger partial charge in [-0.3, -0.25) is 0 Å². The summed E-state index contributed by atoms with van der Waals surface area (Å²) in [6.45, 7) is 5.79. The van der Waals surface area contributed by atoms with Gasteiger partial charge in [0.1, 0.15) is 0 Å².